The van der Waals surface area contributed by atoms with Crippen LogP contribution in [-0.4, -0.2) is 69.0 Å². The molecule has 1 aromatic carbocycles. The number of pyridine rings is 1. The van der Waals surface area contributed by atoms with E-state index in [1.165, 1.54) is 4.90 Å². The van der Waals surface area contributed by atoms with Crippen LogP contribution in [0.15, 0.2) is 29.1 Å². The number of aromatic amines is 1. The first-order valence-electron chi connectivity index (χ1n) is 10.0. The fraction of sp³-hybridized carbons (Fsp3) is 0.524. The molecule has 0 aliphatic carbocycles. The summed E-state index contributed by atoms with van der Waals surface area (Å²) in [5, 5.41) is 4.88. The molecule has 0 atom stereocenters. The molecule has 0 aliphatic rings. The number of nitrogens with one attached hydrogen (secondary N) is 3. The number of likely N-dealkylation sites (N-methyl/N-ethyl adjacent to an activating group) is 1. The van der Waals surface area contributed by atoms with Crippen molar-refractivity contribution >= 4 is 28.2 Å². The Hall–Kier alpha value is -2.16. The standard InChI is InChI=1S/C21H32N4O3S/c1-5-28-18-7-8-19-16(14-18)13-17(20(26)23-19)15-25(11-10-24(2)3)21(29)22-9-6-12-27-4/h7-8,13-14H,5-6,9-12,15H2,1-4H3,(H,22,29)(H,23,26)/p+1. The minimum Gasteiger partial charge on any atom is -0.494 e. The first kappa shape index (κ1) is 23.1. The smallest absolute Gasteiger partial charge is 0.253 e. The molecule has 0 amide bonds. The molecule has 0 spiro atoms. The normalized spacial score (nSPS) is 11.1. The second-order valence-electron chi connectivity index (χ2n) is 7.26. The van der Waals surface area contributed by atoms with Crippen LogP contribution < -0.4 is 20.5 Å². The summed E-state index contributed by atoms with van der Waals surface area (Å²) in [5.41, 5.74) is 1.39. The number of rotatable bonds is 11. The lowest BCUT2D eigenvalue weighted by Crippen LogP contribution is -3.06. The molecule has 0 bridgehead atoms. The third kappa shape index (κ3) is 7.30. The molecule has 3 N–H and O–H groups in total. The number of aromatic nitrogens is 1. The van der Waals surface area contributed by atoms with E-state index in [-0.39, 0.29) is 5.56 Å². The molecule has 2 aromatic rings. The van der Waals surface area contributed by atoms with E-state index >= 15 is 0 Å². The van der Waals surface area contributed by atoms with Crippen molar-refractivity contribution < 1.29 is 14.4 Å². The van der Waals surface area contributed by atoms with Gasteiger partial charge in [-0.1, -0.05) is 0 Å². The minimum absolute atomic E-state index is 0.0916. The zero-order valence-electron chi connectivity index (χ0n) is 17.8. The molecule has 8 heteroatoms. The maximum absolute atomic E-state index is 12.6. The van der Waals surface area contributed by atoms with Crippen LogP contribution in [0, 0.1) is 0 Å². The van der Waals surface area contributed by atoms with Gasteiger partial charge in [0, 0.05) is 36.7 Å². The van der Waals surface area contributed by atoms with Crippen LogP contribution in [0.3, 0.4) is 0 Å². The van der Waals surface area contributed by atoms with E-state index in [9.17, 15) is 4.79 Å². The van der Waals surface area contributed by atoms with Crippen molar-refractivity contribution in [2.45, 2.75) is 19.9 Å². The van der Waals surface area contributed by atoms with Gasteiger partial charge in [-0.15, -0.1) is 0 Å². The van der Waals surface area contributed by atoms with Crippen LogP contribution in [0.4, 0.5) is 0 Å². The zero-order chi connectivity index (χ0) is 21.2. The SMILES string of the molecule is CCOc1ccc2[nH]c(=O)c(CN(CC[NH+](C)C)C(=S)NCCCOC)cc2c1. The maximum Gasteiger partial charge on any atom is 0.253 e. The predicted octanol–water partition coefficient (Wildman–Crippen LogP) is 0.784. The van der Waals surface area contributed by atoms with E-state index in [0.29, 0.717) is 30.4 Å². The molecule has 29 heavy (non-hydrogen) atoms. The molecule has 160 valence electrons. The number of nitrogens with zero attached hydrogens (tertiary/aromatic N) is 1. The topological polar surface area (TPSA) is 71.0 Å². The fourth-order valence-corrected chi connectivity index (χ4v) is 3.20. The Kier molecular flexibility index (Phi) is 9.37. The predicted molar refractivity (Wildman–Crippen MR) is 121 cm³/mol. The van der Waals surface area contributed by atoms with Crippen LogP contribution in [0.2, 0.25) is 0 Å². The van der Waals surface area contributed by atoms with Gasteiger partial charge in [-0.25, -0.2) is 0 Å². The van der Waals surface area contributed by atoms with Crippen molar-refractivity contribution in [3.05, 3.63) is 40.2 Å². The lowest BCUT2D eigenvalue weighted by atomic mass is 10.1. The average molecular weight is 422 g/mol. The summed E-state index contributed by atoms with van der Waals surface area (Å²) in [7, 11) is 5.89. The second-order valence-corrected chi connectivity index (χ2v) is 7.65. The van der Waals surface area contributed by atoms with E-state index in [0.717, 1.165) is 42.7 Å². The molecule has 0 radical (unpaired) electrons. The van der Waals surface area contributed by atoms with Crippen LogP contribution in [-0.2, 0) is 11.3 Å². The molecular formula is C21H33N4O3S+. The van der Waals surface area contributed by atoms with Crippen molar-refractivity contribution in [1.82, 2.24) is 15.2 Å². The van der Waals surface area contributed by atoms with Crippen LogP contribution in [0.25, 0.3) is 10.9 Å². The first-order chi connectivity index (χ1) is 13.9. The summed E-state index contributed by atoms with van der Waals surface area (Å²) in [4.78, 5) is 19.0. The quantitative estimate of drug-likeness (QED) is 0.368. The van der Waals surface area contributed by atoms with Gasteiger partial charge >= 0.3 is 0 Å². The number of hydrogen-bond donors (Lipinski definition) is 3. The van der Waals surface area contributed by atoms with Crippen molar-refractivity contribution in [2.75, 3.05) is 54.1 Å². The third-order valence-electron chi connectivity index (χ3n) is 4.54. The largest absolute Gasteiger partial charge is 0.494 e. The molecule has 0 saturated heterocycles. The number of hydrogen-bond acceptors (Lipinski definition) is 4. The van der Waals surface area contributed by atoms with E-state index in [2.05, 4.69) is 29.3 Å². The average Bonchev–Trinajstić information content (AvgIpc) is 2.69. The Bertz CT molecular complexity index is 853. The van der Waals surface area contributed by atoms with E-state index < -0.39 is 0 Å². The summed E-state index contributed by atoms with van der Waals surface area (Å²) < 4.78 is 10.7. The third-order valence-corrected chi connectivity index (χ3v) is 4.94. The number of ether oxygens (including phenoxy) is 2. The Labute approximate surface area is 178 Å². The Morgan fingerprint density at radius 3 is 2.79 bits per heavy atom. The molecule has 7 nitrogen and oxygen atoms in total. The number of fused-ring (bicyclic) bond motifs is 1. The summed E-state index contributed by atoms with van der Waals surface area (Å²) in [6.45, 7) is 6.11. The number of H-pyrrole nitrogens is 1. The van der Waals surface area contributed by atoms with Gasteiger partial charge in [0.2, 0.25) is 0 Å². The highest BCUT2D eigenvalue weighted by Crippen LogP contribution is 2.19. The lowest BCUT2D eigenvalue weighted by Gasteiger charge is -2.26. The highest BCUT2D eigenvalue weighted by atomic mass is 32.1. The van der Waals surface area contributed by atoms with Crippen LogP contribution in [0.1, 0.15) is 18.9 Å². The highest BCUT2D eigenvalue weighted by molar-refractivity contribution is 7.80. The van der Waals surface area contributed by atoms with Gasteiger partial charge in [0.25, 0.3) is 5.56 Å². The number of quaternary nitrogens is 1. The number of benzene rings is 1. The Morgan fingerprint density at radius 2 is 2.10 bits per heavy atom. The molecule has 1 heterocycles. The van der Waals surface area contributed by atoms with Crippen LogP contribution in [0.5, 0.6) is 5.75 Å². The molecular weight excluding hydrogens is 388 g/mol. The Morgan fingerprint density at radius 1 is 1.31 bits per heavy atom. The van der Waals surface area contributed by atoms with Gasteiger partial charge in [0.1, 0.15) is 5.75 Å². The minimum atomic E-state index is -0.0916. The summed E-state index contributed by atoms with van der Waals surface area (Å²) in [6.07, 6.45) is 0.875. The molecule has 0 saturated carbocycles. The second kappa shape index (κ2) is 11.7. The van der Waals surface area contributed by atoms with Gasteiger partial charge in [-0.05, 0) is 49.8 Å². The fourth-order valence-electron chi connectivity index (χ4n) is 2.94. The molecule has 0 unspecified atom stereocenters. The van der Waals surface area contributed by atoms with Gasteiger partial charge in [-0.3, -0.25) is 4.79 Å². The van der Waals surface area contributed by atoms with E-state index in [4.69, 9.17) is 21.7 Å². The summed E-state index contributed by atoms with van der Waals surface area (Å²) in [5.74, 6) is 0.793. The maximum atomic E-state index is 12.6. The first-order valence-corrected chi connectivity index (χ1v) is 10.4. The van der Waals surface area contributed by atoms with Crippen molar-refractivity contribution in [3.8, 4) is 5.75 Å². The summed E-state index contributed by atoms with van der Waals surface area (Å²) >= 11 is 5.60. The monoisotopic (exact) mass is 421 g/mol. The molecule has 2 rings (SSSR count). The molecule has 0 aliphatic heterocycles. The van der Waals surface area contributed by atoms with Crippen molar-refractivity contribution in [1.29, 1.82) is 0 Å². The Balaban J connectivity index is 2.20. The zero-order valence-corrected chi connectivity index (χ0v) is 18.7. The van der Waals surface area contributed by atoms with Crippen molar-refractivity contribution in [2.24, 2.45) is 0 Å². The van der Waals surface area contributed by atoms with Crippen molar-refractivity contribution in [3.63, 3.8) is 0 Å². The highest BCUT2D eigenvalue weighted by Gasteiger charge is 2.14. The molecule has 0 fully saturated rings. The van der Waals surface area contributed by atoms with Gasteiger partial charge in [0.05, 0.1) is 40.3 Å². The van der Waals surface area contributed by atoms with E-state index in [1.807, 2.05) is 31.2 Å². The van der Waals surface area contributed by atoms with Crippen LogP contribution >= 0.6 is 12.2 Å². The summed E-state index contributed by atoms with van der Waals surface area (Å²) in [6, 6.07) is 7.63. The van der Waals surface area contributed by atoms with Gasteiger partial charge in [0.15, 0.2) is 5.11 Å². The lowest BCUT2D eigenvalue weighted by molar-refractivity contribution is -0.857. The molecule has 1 aromatic heterocycles. The van der Waals surface area contributed by atoms with E-state index in [1.54, 1.807) is 7.11 Å². The number of methoxy groups -OCH3 is 1. The van der Waals surface area contributed by atoms with Gasteiger partial charge in [-0.2, -0.15) is 0 Å². The van der Waals surface area contributed by atoms with Gasteiger partial charge < -0.3 is 29.6 Å². The number of thiocarbonyl (C=S) groups is 1.